The number of thiocarbonyl (C=S) groups is 1. The van der Waals surface area contributed by atoms with Crippen molar-refractivity contribution in [3.8, 4) is 0 Å². The average Bonchev–Trinajstić information content (AvgIpc) is 0.748. The van der Waals surface area contributed by atoms with Crippen molar-refractivity contribution in [1.82, 2.24) is 66.2 Å². The lowest BCUT2D eigenvalue weighted by Gasteiger charge is -2.41. The third-order valence-corrected chi connectivity index (χ3v) is 23.8. The molecular weight excluding hydrogens is 1670 g/mol. The first-order chi connectivity index (χ1) is 61.4. The second kappa shape index (κ2) is 49.2. The van der Waals surface area contributed by atoms with Crippen LogP contribution >= 0.6 is 12.2 Å². The van der Waals surface area contributed by atoms with E-state index < -0.39 is 185 Å². The van der Waals surface area contributed by atoms with Crippen molar-refractivity contribution in [2.75, 3.05) is 61.9 Å². The van der Waals surface area contributed by atoms with Gasteiger partial charge in [0.25, 0.3) is 0 Å². The minimum atomic E-state index is -1.68. The van der Waals surface area contributed by atoms with Gasteiger partial charge in [0.2, 0.25) is 70.9 Å². The Labute approximate surface area is 772 Å². The second-order valence-electron chi connectivity index (χ2n) is 36.5. The average molecular weight is 1810 g/mol. The molecular formula is C100H137N13O16S. The van der Waals surface area contributed by atoms with Gasteiger partial charge in [-0.2, -0.15) is 0 Å². The van der Waals surface area contributed by atoms with Crippen molar-refractivity contribution in [2.45, 2.75) is 238 Å². The first-order valence-corrected chi connectivity index (χ1v) is 45.3. The van der Waals surface area contributed by atoms with E-state index in [9.17, 15) is 29.1 Å². The van der Waals surface area contributed by atoms with E-state index in [1.807, 2.05) is 119 Å². The van der Waals surface area contributed by atoms with Crippen LogP contribution in [-0.4, -0.2) is 262 Å². The van der Waals surface area contributed by atoms with E-state index in [4.69, 9.17) is 21.7 Å². The number of ether oxygens (including phenoxy) is 2. The molecule has 12 atom stereocenters. The van der Waals surface area contributed by atoms with Crippen LogP contribution in [0.2, 0.25) is 0 Å². The highest BCUT2D eigenvalue weighted by Crippen LogP contribution is 2.42. The second-order valence-corrected chi connectivity index (χ2v) is 37.0. The Balaban J connectivity index is 1.19. The maximum absolute atomic E-state index is 16.4. The lowest BCUT2D eigenvalue weighted by molar-refractivity contribution is -0.151. The number of carbonyl (C=O) groups excluding carboxylic acids is 13. The van der Waals surface area contributed by atoms with Gasteiger partial charge >= 0.3 is 6.09 Å². The van der Waals surface area contributed by atoms with E-state index in [2.05, 4.69) is 31.9 Å². The van der Waals surface area contributed by atoms with E-state index in [-0.39, 0.29) is 49.8 Å². The molecule has 13 amide bonds. The van der Waals surface area contributed by atoms with E-state index in [1.54, 1.807) is 158 Å². The Bertz CT molecular complexity index is 4680. The van der Waals surface area contributed by atoms with Gasteiger partial charge in [0.15, 0.2) is 5.05 Å². The Kier molecular flexibility index (Phi) is 39.8. The number of likely N-dealkylation sites (N-methyl/N-ethyl adjacent to an activating group) is 6. The molecule has 7 N–H and O–H groups in total. The normalized spacial score (nSPS) is 15.1. The summed E-state index contributed by atoms with van der Waals surface area (Å²) in [6.07, 6.45) is -0.234. The quantitative estimate of drug-likeness (QED) is 0.0138. The van der Waals surface area contributed by atoms with Gasteiger partial charge in [0.1, 0.15) is 77.7 Å². The number of hydrogen-bond donors (Lipinski definition) is 7. The van der Waals surface area contributed by atoms with Gasteiger partial charge in [-0.1, -0.05) is 237 Å². The zero-order chi connectivity index (χ0) is 96.2. The predicted molar refractivity (Wildman–Crippen MR) is 504 cm³/mol. The maximum atomic E-state index is 16.4. The molecule has 130 heavy (non-hydrogen) atoms. The molecule has 0 radical (unpaired) electrons. The minimum Gasteiger partial charge on any atom is -0.502 e. The van der Waals surface area contributed by atoms with Crippen LogP contribution in [0.5, 0.6) is 0 Å². The van der Waals surface area contributed by atoms with E-state index >= 15 is 38.4 Å². The molecule has 1 fully saturated rings. The lowest BCUT2D eigenvalue weighted by atomic mass is 9.79. The largest absolute Gasteiger partial charge is 0.502 e. The number of likely N-dealkylation sites (tertiary alicyclic amines) is 1. The highest BCUT2D eigenvalue weighted by Gasteiger charge is 2.47. The monoisotopic (exact) mass is 1810 g/mol. The maximum Gasteiger partial charge on any atom is 0.410 e. The fourth-order valence-electron chi connectivity index (χ4n) is 16.1. The smallest absolute Gasteiger partial charge is 0.410 e. The van der Waals surface area contributed by atoms with Crippen LogP contribution in [0.3, 0.4) is 0 Å². The fourth-order valence-corrected chi connectivity index (χ4v) is 16.3. The number of piperidine rings is 1. The van der Waals surface area contributed by atoms with Crippen LogP contribution in [0.4, 0.5) is 4.79 Å². The molecule has 30 heteroatoms. The van der Waals surface area contributed by atoms with Gasteiger partial charge in [0.05, 0.1) is 12.6 Å². The van der Waals surface area contributed by atoms with Gasteiger partial charge in [-0.05, 0) is 143 Å². The lowest BCUT2D eigenvalue weighted by Crippen LogP contribution is -2.63. The summed E-state index contributed by atoms with van der Waals surface area (Å²) in [7, 11) is 8.43. The summed E-state index contributed by atoms with van der Waals surface area (Å²) in [6.45, 7) is 24.4. The third kappa shape index (κ3) is 29.3. The van der Waals surface area contributed by atoms with Crippen LogP contribution in [-0.2, 0) is 91.9 Å². The van der Waals surface area contributed by atoms with Crippen LogP contribution in [0.25, 0.3) is 0 Å². The van der Waals surface area contributed by atoms with Crippen molar-refractivity contribution >= 4 is 94.2 Å². The standard InChI is InChI=1S/C100H137N13O16S/c1-63(2)56-78(110(18)96(125)84(65(5)6)105-87(116)68(10)107(15)98(127)129-99(12,13)14)91(120)106-85(69(11)128-100(73-48-34-24-35-49-73,74-50-36-25-37-51-74)75-52-38-26-39-53-75)97(126)111(19)79(59-71-44-30-22-31-45-71)89(118)101-62-82(114)108(16)81(57-64(3)4)95(124)112(20)86(66(7)8)92(121)103-76(58-70-42-28-21-29-43-70)88(117)104-77(61-83(115)130)94(123)109(17)80(60-72-46-32-23-33-47-72)90(119)102-67(9)93(122)113-54-40-27-41-55-113/h21-26,28-39,42-53,63-69,76-81,84-86H,27,40-41,54-62H2,1-20H3,(H,101,118)(H,102,119)(H,103,121)(H,104,117)(H,105,116)(H,106,120)(H,115,130)/t67-,68-,69+,76-,77-,78-,79-,80-,81-,84-,85-,86-/m0/s1. The van der Waals surface area contributed by atoms with Gasteiger partial charge in [-0.25, -0.2) is 4.79 Å². The Morgan fingerprint density at radius 2 is 0.823 bits per heavy atom. The molecule has 0 aliphatic carbocycles. The number of nitrogens with zero attached hydrogens (tertiary/aromatic N) is 7. The number of rotatable bonds is 44. The highest BCUT2D eigenvalue weighted by atomic mass is 32.1. The number of nitrogens with one attached hydrogen (secondary N) is 6. The number of benzene rings is 6. The molecule has 0 unspecified atom stereocenters. The van der Waals surface area contributed by atoms with Crippen molar-refractivity contribution in [2.24, 2.45) is 23.7 Å². The van der Waals surface area contributed by atoms with Gasteiger partial charge in [-0.15, -0.1) is 0 Å². The Hall–Kier alpha value is -11.9. The Morgan fingerprint density at radius 3 is 1.27 bits per heavy atom. The van der Waals surface area contributed by atoms with Crippen LogP contribution in [0.15, 0.2) is 182 Å². The fraction of sp³-hybridized carbons (Fsp3) is 0.500. The summed E-state index contributed by atoms with van der Waals surface area (Å²) in [5.74, 6) is -10.3. The summed E-state index contributed by atoms with van der Waals surface area (Å²) >= 11 is 5.16. The summed E-state index contributed by atoms with van der Waals surface area (Å²) in [5.41, 5.74) is 1.43. The Morgan fingerprint density at radius 1 is 0.415 bits per heavy atom. The first-order valence-electron chi connectivity index (χ1n) is 44.9. The number of aliphatic hydroxyl groups excluding tert-OH is 1. The molecule has 1 aliphatic heterocycles. The minimum absolute atomic E-state index is 0.0112. The van der Waals surface area contributed by atoms with E-state index in [1.165, 1.54) is 68.8 Å². The predicted octanol–water partition coefficient (Wildman–Crippen LogP) is 9.75. The van der Waals surface area contributed by atoms with E-state index in [0.717, 1.165) is 29.1 Å². The SMILES string of the molecule is CC(C)C[C@@H](C(=O)N(C)[C@H](C(=O)N[C@@H](Cc1ccccc1)C(=O)N[C@@H](CC(O)=S)C(=O)N(C)[C@@H](Cc1ccccc1)C(=O)N[C@@H](C)C(=O)N1CCCCC1)C(C)C)N(C)C(=O)CNC(=O)[C@H](Cc1ccccc1)N(C)C(=O)[C@@H](NC(=O)[C@H](CC(C)C)N(C)C(=O)[C@@H](NC(=O)[C@H](C)N(C)C(=O)OC(C)(C)C)C(C)C)[C@@H](C)OC(c1ccccc1)(c1ccccc1)c1ccccc1. The first kappa shape index (κ1) is 105. The molecule has 1 saturated heterocycles. The molecule has 29 nitrogen and oxygen atoms in total. The van der Waals surface area contributed by atoms with Crippen molar-refractivity contribution in [3.05, 3.63) is 215 Å². The molecule has 6 aromatic rings. The van der Waals surface area contributed by atoms with Crippen LogP contribution in [0.1, 0.15) is 169 Å². The third-order valence-electron chi connectivity index (χ3n) is 23.6. The molecule has 1 heterocycles. The van der Waals surface area contributed by atoms with Crippen LogP contribution in [0, 0.1) is 23.7 Å². The molecule has 7 rings (SSSR count). The molecule has 0 bridgehead atoms. The molecule has 0 spiro atoms. The van der Waals surface area contributed by atoms with Crippen molar-refractivity contribution in [1.29, 1.82) is 0 Å². The molecule has 0 saturated carbocycles. The summed E-state index contributed by atoms with van der Waals surface area (Å²) in [4.78, 5) is 203. The zero-order valence-corrected chi connectivity index (χ0v) is 80.0. The zero-order valence-electron chi connectivity index (χ0n) is 79.2. The summed E-state index contributed by atoms with van der Waals surface area (Å²) < 4.78 is 13.1. The van der Waals surface area contributed by atoms with E-state index in [0.29, 0.717) is 46.5 Å². The van der Waals surface area contributed by atoms with Crippen molar-refractivity contribution in [3.63, 3.8) is 0 Å². The molecule has 6 aromatic carbocycles. The molecule has 1 aliphatic rings. The molecule has 0 aromatic heterocycles. The number of amides is 13. The van der Waals surface area contributed by atoms with Crippen LogP contribution < -0.4 is 31.9 Å². The number of hydrogen-bond acceptors (Lipinski definition) is 16. The summed E-state index contributed by atoms with van der Waals surface area (Å²) in [6, 6.07) is 39.8. The number of aliphatic hydroxyl groups is 1. The topological polar surface area (TPSA) is 355 Å². The summed E-state index contributed by atoms with van der Waals surface area (Å²) in [5, 5.41) is 27.1. The highest BCUT2D eigenvalue weighted by molar-refractivity contribution is 7.80. The van der Waals surface area contributed by atoms with Gasteiger partial charge in [0, 0.05) is 81.1 Å². The molecule has 704 valence electrons. The number of carbonyl (C=O) groups is 13. The van der Waals surface area contributed by atoms with Crippen molar-refractivity contribution < 1.29 is 76.9 Å². The van der Waals surface area contributed by atoms with Gasteiger partial charge in [-0.3, -0.25) is 62.4 Å². The van der Waals surface area contributed by atoms with Gasteiger partial charge < -0.3 is 75.9 Å².